The standard InChI is InChI=1S/C31H38O7/c1-32-28-14-12-27(13-15-28)18-38-31-23-34-21-29(36-16-25-8-4-2-5-9-25)19-33-20-30(22-35-24-31)37-17-26-10-6-3-7-11-26/h2-15,29-31H,16-24H2,1H3. The molecule has 204 valence electrons. The molecule has 0 aromatic heterocycles. The maximum atomic E-state index is 6.17. The van der Waals surface area contributed by atoms with Gasteiger partial charge in [0.05, 0.1) is 66.6 Å². The molecule has 0 aliphatic carbocycles. The maximum absolute atomic E-state index is 6.17. The molecule has 1 saturated heterocycles. The zero-order valence-electron chi connectivity index (χ0n) is 22.0. The molecule has 0 amide bonds. The largest absolute Gasteiger partial charge is 0.497 e. The first-order chi connectivity index (χ1) is 18.8. The number of hydrogen-bond donors (Lipinski definition) is 0. The van der Waals surface area contributed by atoms with Gasteiger partial charge in [-0.25, -0.2) is 0 Å². The van der Waals surface area contributed by atoms with Gasteiger partial charge in [0.15, 0.2) is 0 Å². The Balaban J connectivity index is 1.34. The zero-order chi connectivity index (χ0) is 26.3. The van der Waals surface area contributed by atoms with Gasteiger partial charge in [0.25, 0.3) is 0 Å². The predicted molar refractivity (Wildman–Crippen MR) is 144 cm³/mol. The Kier molecular flexibility index (Phi) is 12.1. The smallest absolute Gasteiger partial charge is 0.118 e. The van der Waals surface area contributed by atoms with Gasteiger partial charge in [-0.3, -0.25) is 0 Å². The number of benzene rings is 3. The van der Waals surface area contributed by atoms with Crippen LogP contribution in [0.5, 0.6) is 5.75 Å². The summed E-state index contributed by atoms with van der Waals surface area (Å²) in [5.74, 6) is 0.816. The second-order valence-corrected chi connectivity index (χ2v) is 9.23. The SMILES string of the molecule is COc1ccc(COC2COCC(OCc3ccccc3)COCC(OCc3ccccc3)COC2)cc1. The Hall–Kier alpha value is -2.78. The van der Waals surface area contributed by atoms with Crippen molar-refractivity contribution in [2.24, 2.45) is 0 Å². The highest BCUT2D eigenvalue weighted by Crippen LogP contribution is 2.14. The van der Waals surface area contributed by atoms with Gasteiger partial charge in [-0.15, -0.1) is 0 Å². The minimum atomic E-state index is -0.234. The van der Waals surface area contributed by atoms with E-state index in [-0.39, 0.29) is 18.3 Å². The van der Waals surface area contributed by atoms with Gasteiger partial charge in [-0.05, 0) is 28.8 Å². The number of ether oxygens (including phenoxy) is 7. The summed E-state index contributed by atoms with van der Waals surface area (Å²) < 4.78 is 41.8. The fourth-order valence-electron chi connectivity index (χ4n) is 3.94. The summed E-state index contributed by atoms with van der Waals surface area (Å²) >= 11 is 0. The second kappa shape index (κ2) is 16.2. The van der Waals surface area contributed by atoms with Crippen LogP contribution >= 0.6 is 0 Å². The van der Waals surface area contributed by atoms with Gasteiger partial charge >= 0.3 is 0 Å². The summed E-state index contributed by atoms with van der Waals surface area (Å²) in [5.41, 5.74) is 3.27. The van der Waals surface area contributed by atoms with Gasteiger partial charge in [0, 0.05) is 0 Å². The first-order valence-electron chi connectivity index (χ1n) is 13.1. The Labute approximate surface area is 225 Å². The van der Waals surface area contributed by atoms with Gasteiger partial charge in [-0.1, -0.05) is 72.8 Å². The molecule has 0 bridgehead atoms. The molecule has 1 aliphatic heterocycles. The van der Waals surface area contributed by atoms with E-state index in [9.17, 15) is 0 Å². The van der Waals surface area contributed by atoms with Crippen LogP contribution in [0, 0.1) is 0 Å². The summed E-state index contributed by atoms with van der Waals surface area (Å²) in [7, 11) is 1.66. The van der Waals surface area contributed by atoms with E-state index in [4.69, 9.17) is 33.2 Å². The average molecular weight is 523 g/mol. The molecule has 1 fully saturated rings. The van der Waals surface area contributed by atoms with E-state index in [1.807, 2.05) is 84.9 Å². The third-order valence-corrected chi connectivity index (χ3v) is 6.12. The maximum Gasteiger partial charge on any atom is 0.118 e. The molecule has 3 aromatic carbocycles. The highest BCUT2D eigenvalue weighted by Gasteiger charge is 2.19. The molecule has 4 rings (SSSR count). The Morgan fingerprint density at radius 2 is 0.842 bits per heavy atom. The van der Waals surface area contributed by atoms with Crippen molar-refractivity contribution in [1.82, 2.24) is 0 Å². The van der Waals surface area contributed by atoms with Crippen LogP contribution in [0.1, 0.15) is 16.7 Å². The molecule has 2 unspecified atom stereocenters. The molecule has 1 aliphatic rings. The predicted octanol–water partition coefficient (Wildman–Crippen LogP) is 4.81. The van der Waals surface area contributed by atoms with E-state index in [0.29, 0.717) is 59.5 Å². The number of rotatable bonds is 10. The van der Waals surface area contributed by atoms with Crippen LogP contribution < -0.4 is 4.74 Å². The third-order valence-electron chi connectivity index (χ3n) is 6.12. The fraction of sp³-hybridized carbons (Fsp3) is 0.419. The van der Waals surface area contributed by atoms with Crippen LogP contribution in [0.15, 0.2) is 84.9 Å². The van der Waals surface area contributed by atoms with Crippen LogP contribution in [0.25, 0.3) is 0 Å². The van der Waals surface area contributed by atoms with E-state index in [1.165, 1.54) is 0 Å². The van der Waals surface area contributed by atoms with Crippen LogP contribution in [-0.4, -0.2) is 65.1 Å². The van der Waals surface area contributed by atoms with Crippen molar-refractivity contribution in [1.29, 1.82) is 0 Å². The molecular weight excluding hydrogens is 484 g/mol. The van der Waals surface area contributed by atoms with Crippen LogP contribution in [0.2, 0.25) is 0 Å². The fourth-order valence-corrected chi connectivity index (χ4v) is 3.94. The highest BCUT2D eigenvalue weighted by molar-refractivity contribution is 5.26. The molecule has 3 aromatic rings. The van der Waals surface area contributed by atoms with Crippen molar-refractivity contribution in [2.45, 2.75) is 38.1 Å². The van der Waals surface area contributed by atoms with Crippen LogP contribution in [-0.2, 0) is 48.2 Å². The van der Waals surface area contributed by atoms with E-state index in [2.05, 4.69) is 0 Å². The number of methoxy groups -OCH3 is 1. The van der Waals surface area contributed by atoms with Gasteiger partial charge < -0.3 is 33.2 Å². The molecule has 0 radical (unpaired) electrons. The van der Waals surface area contributed by atoms with E-state index < -0.39 is 0 Å². The van der Waals surface area contributed by atoms with Crippen LogP contribution in [0.3, 0.4) is 0 Å². The summed E-state index contributed by atoms with van der Waals surface area (Å²) in [6, 6.07) is 28.0. The van der Waals surface area contributed by atoms with E-state index >= 15 is 0 Å². The first kappa shape index (κ1) is 28.2. The van der Waals surface area contributed by atoms with Gasteiger partial charge in [0.1, 0.15) is 24.1 Å². The molecule has 0 N–H and O–H groups in total. The lowest BCUT2D eigenvalue weighted by atomic mass is 10.2. The Morgan fingerprint density at radius 1 is 0.500 bits per heavy atom. The average Bonchev–Trinajstić information content (AvgIpc) is 2.97. The van der Waals surface area contributed by atoms with Crippen molar-refractivity contribution >= 4 is 0 Å². The molecule has 7 heteroatoms. The summed E-state index contributed by atoms with van der Waals surface area (Å²) in [5, 5.41) is 0. The minimum Gasteiger partial charge on any atom is -0.497 e. The lowest BCUT2D eigenvalue weighted by molar-refractivity contribution is -0.135. The van der Waals surface area contributed by atoms with Gasteiger partial charge in [-0.2, -0.15) is 0 Å². The minimum absolute atomic E-state index is 0.215. The normalized spacial score (nSPS) is 21.2. The van der Waals surface area contributed by atoms with Crippen molar-refractivity contribution in [2.75, 3.05) is 46.8 Å². The van der Waals surface area contributed by atoms with E-state index in [1.54, 1.807) is 7.11 Å². The second-order valence-electron chi connectivity index (χ2n) is 9.23. The molecule has 1 heterocycles. The Morgan fingerprint density at radius 3 is 1.18 bits per heavy atom. The monoisotopic (exact) mass is 522 g/mol. The quantitative estimate of drug-likeness (QED) is 0.379. The van der Waals surface area contributed by atoms with Crippen molar-refractivity contribution in [3.63, 3.8) is 0 Å². The molecule has 0 saturated carbocycles. The summed E-state index contributed by atoms with van der Waals surface area (Å²) in [4.78, 5) is 0. The molecular formula is C31H38O7. The topological polar surface area (TPSA) is 64.6 Å². The Bertz CT molecular complexity index is 956. The van der Waals surface area contributed by atoms with Gasteiger partial charge in [0.2, 0.25) is 0 Å². The number of hydrogen-bond acceptors (Lipinski definition) is 7. The third kappa shape index (κ3) is 10.2. The first-order valence-corrected chi connectivity index (χ1v) is 13.1. The molecule has 2 atom stereocenters. The van der Waals surface area contributed by atoms with Crippen LogP contribution in [0.4, 0.5) is 0 Å². The zero-order valence-corrected chi connectivity index (χ0v) is 22.0. The lowest BCUT2D eigenvalue weighted by Gasteiger charge is -2.25. The van der Waals surface area contributed by atoms with E-state index in [0.717, 1.165) is 22.4 Å². The summed E-state index contributed by atoms with van der Waals surface area (Å²) in [6.45, 7) is 3.79. The molecule has 0 spiro atoms. The summed E-state index contributed by atoms with van der Waals surface area (Å²) in [6.07, 6.45) is -0.665. The molecule has 38 heavy (non-hydrogen) atoms. The van der Waals surface area contributed by atoms with Crippen molar-refractivity contribution in [3.05, 3.63) is 102 Å². The van der Waals surface area contributed by atoms with Crippen molar-refractivity contribution in [3.8, 4) is 5.75 Å². The lowest BCUT2D eigenvalue weighted by Crippen LogP contribution is -2.35. The highest BCUT2D eigenvalue weighted by atomic mass is 16.6. The molecule has 7 nitrogen and oxygen atoms in total. The van der Waals surface area contributed by atoms with Crippen molar-refractivity contribution < 1.29 is 33.2 Å².